The topological polar surface area (TPSA) is 48.1 Å². The van der Waals surface area contributed by atoms with Crippen molar-refractivity contribution in [2.45, 2.75) is 0 Å². The van der Waals surface area contributed by atoms with E-state index < -0.39 is 0 Å². The van der Waals surface area contributed by atoms with E-state index in [2.05, 4.69) is 10.3 Å². The van der Waals surface area contributed by atoms with E-state index in [0.717, 1.165) is 36.4 Å². The number of amides is 1. The van der Waals surface area contributed by atoms with E-state index in [-0.39, 0.29) is 18.3 Å². The predicted octanol–water partition coefficient (Wildman–Crippen LogP) is 1.70. The molecule has 1 amide bonds. The monoisotopic (exact) mass is 271 g/mol. The van der Waals surface area contributed by atoms with Gasteiger partial charge in [0.1, 0.15) is 5.69 Å². The minimum Gasteiger partial charge on any atom is -0.350 e. The molecule has 6 heteroatoms. The molecule has 0 saturated carbocycles. The molecule has 2 aromatic heterocycles. The van der Waals surface area contributed by atoms with Gasteiger partial charge in [0.05, 0.1) is 10.2 Å². The molecule has 0 radical (unpaired) electrons. The van der Waals surface area contributed by atoms with Crippen molar-refractivity contribution in [3.8, 4) is 0 Å². The highest BCUT2D eigenvalue weighted by Gasteiger charge is 2.19. The average molecular weight is 272 g/mol. The molecular weight excluding hydrogens is 258 g/mol. The Morgan fingerprint density at radius 3 is 2.82 bits per heavy atom. The Bertz CT molecular complexity index is 487. The fraction of sp³-hybridized carbons (Fsp3) is 0.364. The third kappa shape index (κ3) is 2.31. The highest BCUT2D eigenvalue weighted by Crippen LogP contribution is 2.22. The number of carbonyl (C=O) groups is 1. The zero-order chi connectivity index (χ0) is 11.0. The molecule has 1 aliphatic rings. The number of aromatic nitrogens is 1. The van der Waals surface area contributed by atoms with E-state index in [1.54, 1.807) is 11.3 Å². The third-order valence-electron chi connectivity index (χ3n) is 2.87. The van der Waals surface area contributed by atoms with Gasteiger partial charge in [0.2, 0.25) is 0 Å². The van der Waals surface area contributed by atoms with E-state index in [0.29, 0.717) is 5.69 Å². The lowest BCUT2D eigenvalue weighted by molar-refractivity contribution is 0.0731. The Balaban J connectivity index is 0.00000108. The summed E-state index contributed by atoms with van der Waals surface area (Å²) in [5, 5.41) is 5.27. The van der Waals surface area contributed by atoms with Gasteiger partial charge in [-0.25, -0.2) is 0 Å². The summed E-state index contributed by atoms with van der Waals surface area (Å²) in [7, 11) is 0. The molecule has 2 aromatic rings. The second-order valence-electron chi connectivity index (χ2n) is 3.92. The number of rotatable bonds is 1. The maximum absolute atomic E-state index is 12.1. The predicted molar refractivity (Wildman–Crippen MR) is 72.2 cm³/mol. The number of nitrogens with one attached hydrogen (secondary N) is 2. The molecule has 0 unspecified atom stereocenters. The van der Waals surface area contributed by atoms with Gasteiger partial charge in [0.25, 0.3) is 5.91 Å². The summed E-state index contributed by atoms with van der Waals surface area (Å²) in [6, 6.07) is 3.96. The fourth-order valence-electron chi connectivity index (χ4n) is 2.00. The van der Waals surface area contributed by atoms with Crippen molar-refractivity contribution in [1.29, 1.82) is 0 Å². The van der Waals surface area contributed by atoms with Crippen molar-refractivity contribution in [2.24, 2.45) is 0 Å². The van der Waals surface area contributed by atoms with E-state index in [1.165, 1.54) is 0 Å². The molecular formula is C11H14ClN3OS. The first kappa shape index (κ1) is 12.4. The van der Waals surface area contributed by atoms with Gasteiger partial charge in [-0.2, -0.15) is 0 Å². The van der Waals surface area contributed by atoms with Crippen LogP contribution in [0.25, 0.3) is 10.2 Å². The first-order valence-electron chi connectivity index (χ1n) is 5.41. The minimum atomic E-state index is 0. The fourth-order valence-corrected chi connectivity index (χ4v) is 2.78. The van der Waals surface area contributed by atoms with Crippen LogP contribution in [0.3, 0.4) is 0 Å². The van der Waals surface area contributed by atoms with Crippen molar-refractivity contribution in [2.75, 3.05) is 26.2 Å². The molecule has 1 saturated heterocycles. The van der Waals surface area contributed by atoms with Gasteiger partial charge in [-0.05, 0) is 17.5 Å². The lowest BCUT2D eigenvalue weighted by atomic mass is 10.3. The van der Waals surface area contributed by atoms with Gasteiger partial charge in [-0.1, -0.05) is 0 Å². The Morgan fingerprint density at radius 1 is 1.35 bits per heavy atom. The summed E-state index contributed by atoms with van der Waals surface area (Å²) in [4.78, 5) is 17.2. The van der Waals surface area contributed by atoms with Crippen LogP contribution in [0, 0.1) is 0 Å². The van der Waals surface area contributed by atoms with Crippen molar-refractivity contribution in [3.05, 3.63) is 23.2 Å². The Morgan fingerprint density at radius 2 is 2.12 bits per heavy atom. The first-order valence-corrected chi connectivity index (χ1v) is 6.29. The van der Waals surface area contributed by atoms with Crippen LogP contribution < -0.4 is 5.32 Å². The second-order valence-corrected chi connectivity index (χ2v) is 4.87. The van der Waals surface area contributed by atoms with Gasteiger partial charge < -0.3 is 15.2 Å². The van der Waals surface area contributed by atoms with Crippen LogP contribution in [0.2, 0.25) is 0 Å². The number of fused-ring (bicyclic) bond motifs is 1. The molecule has 3 heterocycles. The molecule has 4 nitrogen and oxygen atoms in total. The smallest absolute Gasteiger partial charge is 0.270 e. The van der Waals surface area contributed by atoms with Gasteiger partial charge >= 0.3 is 0 Å². The second kappa shape index (κ2) is 5.08. The van der Waals surface area contributed by atoms with E-state index in [9.17, 15) is 4.79 Å². The summed E-state index contributed by atoms with van der Waals surface area (Å²) in [6.45, 7) is 3.37. The van der Waals surface area contributed by atoms with Crippen LogP contribution in [0.4, 0.5) is 0 Å². The van der Waals surface area contributed by atoms with Gasteiger partial charge in [0, 0.05) is 26.2 Å². The number of aromatic amines is 1. The number of piperazine rings is 1. The largest absolute Gasteiger partial charge is 0.350 e. The number of thiophene rings is 1. The summed E-state index contributed by atoms with van der Waals surface area (Å²) in [6.07, 6.45) is 0. The normalized spacial score (nSPS) is 15.9. The minimum absolute atomic E-state index is 0. The SMILES string of the molecule is Cl.O=C(c1cc2sccc2[nH]1)N1CCNCC1. The molecule has 0 bridgehead atoms. The lowest BCUT2D eigenvalue weighted by Gasteiger charge is -2.26. The number of nitrogens with zero attached hydrogens (tertiary/aromatic N) is 1. The van der Waals surface area contributed by atoms with Gasteiger partial charge in [0.15, 0.2) is 0 Å². The Kier molecular flexibility index (Phi) is 3.71. The first-order chi connectivity index (χ1) is 7.84. The lowest BCUT2D eigenvalue weighted by Crippen LogP contribution is -2.46. The quantitative estimate of drug-likeness (QED) is 0.829. The maximum Gasteiger partial charge on any atom is 0.270 e. The Labute approximate surface area is 109 Å². The van der Waals surface area contributed by atoms with Crippen LogP contribution >= 0.6 is 23.7 Å². The van der Waals surface area contributed by atoms with E-state index in [4.69, 9.17) is 0 Å². The molecule has 17 heavy (non-hydrogen) atoms. The highest BCUT2D eigenvalue weighted by molar-refractivity contribution is 7.17. The van der Waals surface area contributed by atoms with Crippen LogP contribution in [-0.2, 0) is 0 Å². The summed E-state index contributed by atoms with van der Waals surface area (Å²) < 4.78 is 1.15. The molecule has 0 spiro atoms. The van der Waals surface area contributed by atoms with Crippen molar-refractivity contribution < 1.29 is 4.79 Å². The zero-order valence-corrected chi connectivity index (χ0v) is 10.9. The zero-order valence-electron chi connectivity index (χ0n) is 9.23. The van der Waals surface area contributed by atoms with Gasteiger partial charge in [-0.15, -0.1) is 23.7 Å². The maximum atomic E-state index is 12.1. The molecule has 3 rings (SSSR count). The highest BCUT2D eigenvalue weighted by atomic mass is 35.5. The number of halogens is 1. The molecule has 0 aromatic carbocycles. The number of hydrogen-bond donors (Lipinski definition) is 2. The average Bonchev–Trinajstić information content (AvgIpc) is 2.89. The van der Waals surface area contributed by atoms with Gasteiger partial charge in [-0.3, -0.25) is 4.79 Å². The number of hydrogen-bond acceptors (Lipinski definition) is 3. The molecule has 92 valence electrons. The Hall–Kier alpha value is -1.04. The summed E-state index contributed by atoms with van der Waals surface area (Å²) >= 11 is 1.66. The molecule has 1 fully saturated rings. The van der Waals surface area contributed by atoms with Crippen LogP contribution in [0.5, 0.6) is 0 Å². The third-order valence-corrected chi connectivity index (χ3v) is 3.74. The van der Waals surface area contributed by atoms with E-state index in [1.807, 2.05) is 22.4 Å². The van der Waals surface area contributed by atoms with Crippen LogP contribution in [0.1, 0.15) is 10.5 Å². The molecule has 0 atom stereocenters. The standard InChI is InChI=1S/C11H13N3OS.ClH/c15-11(14-4-2-12-3-5-14)9-7-10-8(13-9)1-6-16-10;/h1,6-7,12-13H,2-5H2;1H. The number of carbonyl (C=O) groups excluding carboxylic acids is 1. The van der Waals surface area contributed by atoms with Crippen molar-refractivity contribution >= 4 is 39.9 Å². The number of H-pyrrole nitrogens is 1. The summed E-state index contributed by atoms with van der Waals surface area (Å²) in [5.41, 5.74) is 1.77. The van der Waals surface area contributed by atoms with E-state index >= 15 is 0 Å². The van der Waals surface area contributed by atoms with Crippen molar-refractivity contribution in [1.82, 2.24) is 15.2 Å². The summed E-state index contributed by atoms with van der Waals surface area (Å²) in [5.74, 6) is 0.116. The van der Waals surface area contributed by atoms with Crippen molar-refractivity contribution in [3.63, 3.8) is 0 Å². The molecule has 0 aliphatic carbocycles. The molecule has 2 N–H and O–H groups in total. The molecule has 1 aliphatic heterocycles. The van der Waals surface area contributed by atoms with Crippen LogP contribution in [-0.4, -0.2) is 42.0 Å². The van der Waals surface area contributed by atoms with Crippen LogP contribution in [0.15, 0.2) is 17.5 Å².